The Balaban J connectivity index is 2.56. The average Bonchev–Trinajstić information content (AvgIpc) is 2.54. The van der Waals surface area contributed by atoms with Crippen molar-refractivity contribution in [1.82, 2.24) is 4.98 Å². The van der Waals surface area contributed by atoms with E-state index in [9.17, 15) is 0 Å². The van der Waals surface area contributed by atoms with Gasteiger partial charge in [0.25, 0.3) is 0 Å². The zero-order chi connectivity index (χ0) is 15.2. The quantitative estimate of drug-likeness (QED) is 0.816. The van der Waals surface area contributed by atoms with Gasteiger partial charge in [0.1, 0.15) is 5.82 Å². The van der Waals surface area contributed by atoms with E-state index in [4.69, 9.17) is 14.7 Å². The van der Waals surface area contributed by atoms with Gasteiger partial charge in [-0.3, -0.25) is 0 Å². The van der Waals surface area contributed by atoms with E-state index in [2.05, 4.69) is 22.9 Å². The SMILES string of the molecule is CCN(CCC#N)c1nccc2cc(OC)c(OC)cc12. The van der Waals surface area contributed by atoms with E-state index in [0.717, 1.165) is 23.1 Å². The van der Waals surface area contributed by atoms with Crippen LogP contribution in [0.5, 0.6) is 11.5 Å². The zero-order valence-electron chi connectivity index (χ0n) is 12.6. The first-order chi connectivity index (χ1) is 10.2. The number of rotatable bonds is 6. The number of nitriles is 1. The highest BCUT2D eigenvalue weighted by atomic mass is 16.5. The molecule has 1 aromatic heterocycles. The molecule has 0 N–H and O–H groups in total. The van der Waals surface area contributed by atoms with E-state index in [1.54, 1.807) is 20.4 Å². The minimum absolute atomic E-state index is 0.471. The minimum atomic E-state index is 0.471. The number of benzene rings is 1. The molecule has 0 atom stereocenters. The molecular weight excluding hydrogens is 266 g/mol. The lowest BCUT2D eigenvalue weighted by Gasteiger charge is -2.22. The van der Waals surface area contributed by atoms with Crippen molar-refractivity contribution in [3.05, 3.63) is 24.4 Å². The van der Waals surface area contributed by atoms with E-state index < -0.39 is 0 Å². The van der Waals surface area contributed by atoms with Crippen molar-refractivity contribution in [3.8, 4) is 17.6 Å². The first-order valence-electron chi connectivity index (χ1n) is 6.87. The molecule has 2 rings (SSSR count). The Bertz CT molecular complexity index is 664. The summed E-state index contributed by atoms with van der Waals surface area (Å²) in [7, 11) is 3.24. The lowest BCUT2D eigenvalue weighted by atomic mass is 10.1. The molecule has 0 bridgehead atoms. The summed E-state index contributed by atoms with van der Waals surface area (Å²) in [4.78, 5) is 6.58. The number of hydrogen-bond acceptors (Lipinski definition) is 5. The third-order valence-electron chi connectivity index (χ3n) is 3.42. The first-order valence-corrected chi connectivity index (χ1v) is 6.87. The number of nitrogens with zero attached hydrogens (tertiary/aromatic N) is 3. The van der Waals surface area contributed by atoms with Crippen LogP contribution >= 0.6 is 0 Å². The second kappa shape index (κ2) is 6.80. The van der Waals surface area contributed by atoms with Gasteiger partial charge in [0, 0.05) is 24.7 Å². The Morgan fingerprint density at radius 2 is 1.95 bits per heavy atom. The van der Waals surface area contributed by atoms with Gasteiger partial charge < -0.3 is 14.4 Å². The zero-order valence-corrected chi connectivity index (χ0v) is 12.6. The Morgan fingerprint density at radius 3 is 2.57 bits per heavy atom. The smallest absolute Gasteiger partial charge is 0.161 e. The van der Waals surface area contributed by atoms with Crippen molar-refractivity contribution in [1.29, 1.82) is 5.26 Å². The molecule has 0 amide bonds. The van der Waals surface area contributed by atoms with Crippen LogP contribution in [0.2, 0.25) is 0 Å². The number of methoxy groups -OCH3 is 2. The molecule has 5 heteroatoms. The van der Waals surface area contributed by atoms with Crippen molar-refractivity contribution < 1.29 is 9.47 Å². The molecule has 0 unspecified atom stereocenters. The van der Waals surface area contributed by atoms with Crippen molar-refractivity contribution in [2.45, 2.75) is 13.3 Å². The summed E-state index contributed by atoms with van der Waals surface area (Å²) in [5.41, 5.74) is 0. The number of aromatic nitrogens is 1. The summed E-state index contributed by atoms with van der Waals surface area (Å²) in [6.07, 6.45) is 2.25. The van der Waals surface area contributed by atoms with Gasteiger partial charge in [-0.05, 0) is 30.5 Å². The molecule has 0 spiro atoms. The lowest BCUT2D eigenvalue weighted by molar-refractivity contribution is 0.356. The summed E-state index contributed by atoms with van der Waals surface area (Å²) in [5.74, 6) is 2.24. The number of anilines is 1. The highest BCUT2D eigenvalue weighted by Gasteiger charge is 2.13. The molecule has 5 nitrogen and oxygen atoms in total. The summed E-state index contributed by atoms with van der Waals surface area (Å²) >= 11 is 0. The van der Waals surface area contributed by atoms with Crippen LogP contribution in [-0.4, -0.2) is 32.3 Å². The number of hydrogen-bond donors (Lipinski definition) is 0. The first kappa shape index (κ1) is 14.9. The second-order valence-corrected chi connectivity index (χ2v) is 4.55. The largest absolute Gasteiger partial charge is 0.493 e. The van der Waals surface area contributed by atoms with Crippen LogP contribution in [0, 0.1) is 11.3 Å². The Labute approximate surface area is 124 Å². The predicted octanol–water partition coefficient (Wildman–Crippen LogP) is 2.99. The second-order valence-electron chi connectivity index (χ2n) is 4.55. The lowest BCUT2D eigenvalue weighted by Crippen LogP contribution is -2.24. The molecule has 2 aromatic rings. The minimum Gasteiger partial charge on any atom is -0.493 e. The highest BCUT2D eigenvalue weighted by molar-refractivity contribution is 5.94. The number of pyridine rings is 1. The molecule has 0 saturated heterocycles. The molecule has 0 radical (unpaired) electrons. The topological polar surface area (TPSA) is 58.4 Å². The highest BCUT2D eigenvalue weighted by Crippen LogP contribution is 2.35. The molecule has 0 aliphatic rings. The number of fused-ring (bicyclic) bond motifs is 1. The molecule has 0 fully saturated rings. The normalized spacial score (nSPS) is 10.2. The standard InChI is InChI=1S/C16H19N3O2/c1-4-19(9-5-7-17)16-13-11-15(21-3)14(20-2)10-12(13)6-8-18-16/h6,8,10-11H,4-5,9H2,1-3H3. The Hall–Kier alpha value is -2.48. The maximum absolute atomic E-state index is 8.79. The number of ether oxygens (including phenoxy) is 2. The van der Waals surface area contributed by atoms with E-state index in [1.807, 2.05) is 18.2 Å². The van der Waals surface area contributed by atoms with Gasteiger partial charge in [-0.1, -0.05) is 0 Å². The molecule has 110 valence electrons. The maximum atomic E-state index is 8.79. The summed E-state index contributed by atoms with van der Waals surface area (Å²) in [5, 5.41) is 10.8. The molecular formula is C16H19N3O2. The van der Waals surface area contributed by atoms with Gasteiger partial charge in [-0.2, -0.15) is 5.26 Å². The Kier molecular flexibility index (Phi) is 4.83. The van der Waals surface area contributed by atoms with Gasteiger partial charge in [0.05, 0.1) is 26.7 Å². The molecule has 1 aromatic carbocycles. The van der Waals surface area contributed by atoms with Crippen LogP contribution < -0.4 is 14.4 Å². The van der Waals surface area contributed by atoms with Crippen LogP contribution in [0.25, 0.3) is 10.8 Å². The van der Waals surface area contributed by atoms with Gasteiger partial charge in [0.15, 0.2) is 11.5 Å². The van der Waals surface area contributed by atoms with Gasteiger partial charge in [0.2, 0.25) is 0 Å². The van der Waals surface area contributed by atoms with E-state index >= 15 is 0 Å². The molecule has 21 heavy (non-hydrogen) atoms. The fraction of sp³-hybridized carbons (Fsp3) is 0.375. The monoisotopic (exact) mass is 285 g/mol. The molecule has 0 aliphatic carbocycles. The van der Waals surface area contributed by atoms with Crippen molar-refractivity contribution in [3.63, 3.8) is 0 Å². The molecule has 0 aliphatic heterocycles. The van der Waals surface area contributed by atoms with Gasteiger partial charge in [-0.15, -0.1) is 0 Å². The summed E-state index contributed by atoms with van der Waals surface area (Å²) in [6, 6.07) is 8.00. The van der Waals surface area contributed by atoms with Crippen LogP contribution in [0.3, 0.4) is 0 Å². The van der Waals surface area contributed by atoms with E-state index in [-0.39, 0.29) is 0 Å². The fourth-order valence-corrected chi connectivity index (χ4v) is 2.33. The van der Waals surface area contributed by atoms with E-state index in [0.29, 0.717) is 24.5 Å². The predicted molar refractivity (Wildman–Crippen MR) is 83.0 cm³/mol. The third-order valence-corrected chi connectivity index (χ3v) is 3.42. The summed E-state index contributed by atoms with van der Waals surface area (Å²) < 4.78 is 10.7. The van der Waals surface area contributed by atoms with Crippen LogP contribution in [0.15, 0.2) is 24.4 Å². The molecule has 0 saturated carbocycles. The van der Waals surface area contributed by atoms with E-state index in [1.165, 1.54) is 0 Å². The van der Waals surface area contributed by atoms with Crippen molar-refractivity contribution >= 4 is 16.6 Å². The van der Waals surface area contributed by atoms with Crippen molar-refractivity contribution in [2.24, 2.45) is 0 Å². The van der Waals surface area contributed by atoms with Gasteiger partial charge >= 0.3 is 0 Å². The third kappa shape index (κ3) is 3.00. The van der Waals surface area contributed by atoms with Crippen LogP contribution in [-0.2, 0) is 0 Å². The van der Waals surface area contributed by atoms with Gasteiger partial charge in [-0.25, -0.2) is 4.98 Å². The van der Waals surface area contributed by atoms with Crippen LogP contribution in [0.4, 0.5) is 5.82 Å². The Morgan fingerprint density at radius 1 is 1.24 bits per heavy atom. The maximum Gasteiger partial charge on any atom is 0.161 e. The fourth-order valence-electron chi connectivity index (χ4n) is 2.33. The van der Waals surface area contributed by atoms with Crippen LogP contribution in [0.1, 0.15) is 13.3 Å². The summed E-state index contributed by atoms with van der Waals surface area (Å²) in [6.45, 7) is 3.51. The average molecular weight is 285 g/mol. The van der Waals surface area contributed by atoms with Crippen molar-refractivity contribution in [2.75, 3.05) is 32.2 Å². The molecule has 1 heterocycles.